The van der Waals surface area contributed by atoms with Crippen molar-refractivity contribution in [2.75, 3.05) is 19.7 Å². The van der Waals surface area contributed by atoms with E-state index in [1.54, 1.807) is 37.4 Å². The highest BCUT2D eigenvalue weighted by Crippen LogP contribution is 2.26. The lowest BCUT2D eigenvalue weighted by Gasteiger charge is -2.22. The van der Waals surface area contributed by atoms with Gasteiger partial charge in [-0.1, -0.05) is 35.9 Å². The summed E-state index contributed by atoms with van der Waals surface area (Å²) >= 11 is 5.98. The van der Waals surface area contributed by atoms with Gasteiger partial charge >= 0.3 is 18.1 Å². The van der Waals surface area contributed by atoms with Crippen molar-refractivity contribution in [3.63, 3.8) is 0 Å². The van der Waals surface area contributed by atoms with Crippen LogP contribution in [0.2, 0.25) is 5.02 Å². The molecule has 0 aliphatic carbocycles. The van der Waals surface area contributed by atoms with E-state index in [1.807, 2.05) is 13.0 Å². The number of para-hydroxylation sites is 1. The molecule has 0 unspecified atom stereocenters. The number of H-pyrrole nitrogens is 1. The average molecular weight is 568 g/mol. The molecule has 39 heavy (non-hydrogen) atoms. The zero-order valence-electron chi connectivity index (χ0n) is 21.4. The van der Waals surface area contributed by atoms with E-state index in [4.69, 9.17) is 21.1 Å². The second kappa shape index (κ2) is 13.5. The SMILES string of the molecule is CCOC(=O)CCNC(=O)c1cccc2c(C[C@@H](C)NC[C@@H](OC(=O)C(F)(F)F)c3cccc(Cl)c3)c[nH]c12. The Morgan fingerprint density at radius 3 is 2.56 bits per heavy atom. The largest absolute Gasteiger partial charge is 0.490 e. The maximum absolute atomic E-state index is 12.9. The van der Waals surface area contributed by atoms with Crippen LogP contribution in [-0.2, 0) is 25.5 Å². The van der Waals surface area contributed by atoms with E-state index in [0.717, 1.165) is 10.9 Å². The summed E-state index contributed by atoms with van der Waals surface area (Å²) in [4.78, 5) is 38.8. The molecule has 1 aromatic heterocycles. The van der Waals surface area contributed by atoms with Crippen LogP contribution in [-0.4, -0.2) is 54.7 Å². The Labute approximate surface area is 228 Å². The number of halogens is 4. The zero-order valence-corrected chi connectivity index (χ0v) is 22.1. The summed E-state index contributed by atoms with van der Waals surface area (Å²) in [5.41, 5.74) is 2.22. The third kappa shape index (κ3) is 8.46. The molecule has 0 saturated carbocycles. The second-order valence-corrected chi connectivity index (χ2v) is 9.25. The fourth-order valence-corrected chi connectivity index (χ4v) is 4.22. The lowest BCUT2D eigenvalue weighted by atomic mass is 10.0. The number of carbonyl (C=O) groups is 3. The van der Waals surface area contributed by atoms with E-state index in [9.17, 15) is 27.6 Å². The Balaban J connectivity index is 1.67. The first-order valence-corrected chi connectivity index (χ1v) is 12.7. The van der Waals surface area contributed by atoms with Gasteiger partial charge in [-0.3, -0.25) is 9.59 Å². The first-order chi connectivity index (χ1) is 18.5. The number of hydrogen-bond donors (Lipinski definition) is 3. The summed E-state index contributed by atoms with van der Waals surface area (Å²) < 4.78 is 48.2. The number of esters is 2. The van der Waals surface area contributed by atoms with Crippen molar-refractivity contribution in [1.29, 1.82) is 0 Å². The van der Waals surface area contributed by atoms with Crippen LogP contribution in [0.25, 0.3) is 10.9 Å². The van der Waals surface area contributed by atoms with E-state index in [0.29, 0.717) is 28.1 Å². The lowest BCUT2D eigenvalue weighted by molar-refractivity contribution is -0.205. The topological polar surface area (TPSA) is 110 Å². The van der Waals surface area contributed by atoms with Gasteiger partial charge in [0.1, 0.15) is 6.10 Å². The Kier molecular flexibility index (Phi) is 10.4. The maximum atomic E-state index is 12.9. The highest BCUT2D eigenvalue weighted by atomic mass is 35.5. The van der Waals surface area contributed by atoms with E-state index in [2.05, 4.69) is 15.6 Å². The monoisotopic (exact) mass is 567 g/mol. The van der Waals surface area contributed by atoms with Crippen molar-refractivity contribution in [2.24, 2.45) is 0 Å². The maximum Gasteiger partial charge on any atom is 0.490 e. The van der Waals surface area contributed by atoms with Gasteiger partial charge in [-0.25, -0.2) is 4.79 Å². The van der Waals surface area contributed by atoms with Crippen molar-refractivity contribution in [3.8, 4) is 0 Å². The van der Waals surface area contributed by atoms with Gasteiger partial charge in [-0.2, -0.15) is 13.2 Å². The molecular formula is C27H29ClF3N3O5. The molecule has 1 amide bonds. The summed E-state index contributed by atoms with van der Waals surface area (Å²) in [6.45, 7) is 3.86. The predicted molar refractivity (Wildman–Crippen MR) is 139 cm³/mol. The Morgan fingerprint density at radius 1 is 1.13 bits per heavy atom. The van der Waals surface area contributed by atoms with Gasteiger partial charge in [0, 0.05) is 35.7 Å². The van der Waals surface area contributed by atoms with Gasteiger partial charge in [0.25, 0.3) is 5.91 Å². The molecule has 210 valence electrons. The lowest BCUT2D eigenvalue weighted by Crippen LogP contribution is -2.35. The number of amides is 1. The van der Waals surface area contributed by atoms with Crippen LogP contribution < -0.4 is 10.6 Å². The van der Waals surface area contributed by atoms with Crippen LogP contribution in [0.5, 0.6) is 0 Å². The minimum Gasteiger partial charge on any atom is -0.466 e. The number of aromatic amines is 1. The highest BCUT2D eigenvalue weighted by Gasteiger charge is 2.42. The van der Waals surface area contributed by atoms with Crippen LogP contribution in [0, 0.1) is 0 Å². The number of rotatable bonds is 12. The highest BCUT2D eigenvalue weighted by molar-refractivity contribution is 6.30. The molecule has 12 heteroatoms. The number of hydrogen-bond acceptors (Lipinski definition) is 6. The Morgan fingerprint density at radius 2 is 1.87 bits per heavy atom. The summed E-state index contributed by atoms with van der Waals surface area (Å²) in [7, 11) is 0. The molecule has 0 radical (unpaired) electrons. The number of carbonyl (C=O) groups excluding carboxylic acids is 3. The number of alkyl halides is 3. The minimum atomic E-state index is -5.13. The number of fused-ring (bicyclic) bond motifs is 1. The fourth-order valence-electron chi connectivity index (χ4n) is 4.02. The molecule has 2 atom stereocenters. The molecule has 0 saturated heterocycles. The standard InChI is InChI=1S/C27H29ClF3N3O5/c1-3-38-23(35)10-11-32-25(36)21-9-5-8-20-18(14-34-24(20)21)12-16(2)33-15-22(39-26(37)27(29,30)31)17-6-4-7-19(28)13-17/h4-9,13-14,16,22,33-34H,3,10-12,15H2,1-2H3,(H,32,36)/t16-,22-/m1/s1. The first kappa shape index (κ1) is 30.0. The molecule has 3 aromatic rings. The van der Waals surface area contributed by atoms with Gasteiger partial charge in [0.15, 0.2) is 0 Å². The third-order valence-electron chi connectivity index (χ3n) is 5.84. The quantitative estimate of drug-likeness (QED) is 0.269. The molecule has 8 nitrogen and oxygen atoms in total. The molecule has 0 bridgehead atoms. The van der Waals surface area contributed by atoms with E-state index in [1.165, 1.54) is 12.1 Å². The predicted octanol–water partition coefficient (Wildman–Crippen LogP) is 4.87. The van der Waals surface area contributed by atoms with E-state index < -0.39 is 24.2 Å². The fraction of sp³-hybridized carbons (Fsp3) is 0.370. The molecule has 0 aliphatic heterocycles. The number of aromatic nitrogens is 1. The summed E-state index contributed by atoms with van der Waals surface area (Å²) in [5.74, 6) is -3.03. The molecule has 2 aromatic carbocycles. The van der Waals surface area contributed by atoms with E-state index >= 15 is 0 Å². The number of benzene rings is 2. The average Bonchev–Trinajstić information content (AvgIpc) is 3.28. The van der Waals surface area contributed by atoms with Crippen molar-refractivity contribution in [2.45, 2.75) is 45.0 Å². The van der Waals surface area contributed by atoms with Crippen molar-refractivity contribution in [1.82, 2.24) is 15.6 Å². The van der Waals surface area contributed by atoms with Crippen molar-refractivity contribution >= 4 is 40.3 Å². The Hall–Kier alpha value is -3.57. The van der Waals surface area contributed by atoms with Crippen LogP contribution >= 0.6 is 11.6 Å². The molecule has 0 aliphatic rings. The summed E-state index contributed by atoms with van der Waals surface area (Å²) in [6.07, 6.45) is -4.06. The van der Waals surface area contributed by atoms with Gasteiger partial charge < -0.3 is 25.1 Å². The van der Waals surface area contributed by atoms with Crippen LogP contribution in [0.1, 0.15) is 47.9 Å². The summed E-state index contributed by atoms with van der Waals surface area (Å²) in [5, 5.41) is 6.93. The van der Waals surface area contributed by atoms with Crippen LogP contribution in [0.15, 0.2) is 48.7 Å². The molecule has 0 fully saturated rings. The molecule has 3 rings (SSSR count). The van der Waals surface area contributed by atoms with Crippen LogP contribution in [0.3, 0.4) is 0 Å². The minimum absolute atomic E-state index is 0.0587. The molecule has 0 spiro atoms. The smallest absolute Gasteiger partial charge is 0.466 e. The van der Waals surface area contributed by atoms with Crippen molar-refractivity contribution in [3.05, 3.63) is 70.4 Å². The van der Waals surface area contributed by atoms with Crippen molar-refractivity contribution < 1.29 is 37.0 Å². The normalized spacial score (nSPS) is 13.1. The molecular weight excluding hydrogens is 539 g/mol. The van der Waals surface area contributed by atoms with Gasteiger partial charge in [0.05, 0.1) is 24.1 Å². The number of ether oxygens (including phenoxy) is 2. The second-order valence-electron chi connectivity index (χ2n) is 8.81. The van der Waals surface area contributed by atoms with Gasteiger partial charge in [-0.15, -0.1) is 0 Å². The Bertz CT molecular complexity index is 1310. The third-order valence-corrected chi connectivity index (χ3v) is 6.08. The van der Waals surface area contributed by atoms with Gasteiger partial charge in [-0.05, 0) is 49.6 Å². The first-order valence-electron chi connectivity index (χ1n) is 12.3. The molecule has 3 N–H and O–H groups in total. The van der Waals surface area contributed by atoms with Crippen LogP contribution in [0.4, 0.5) is 13.2 Å². The zero-order chi connectivity index (χ0) is 28.6. The van der Waals surface area contributed by atoms with Gasteiger partial charge in [0.2, 0.25) is 0 Å². The van der Waals surface area contributed by atoms with E-state index in [-0.39, 0.29) is 38.1 Å². The molecule has 1 heterocycles. The summed E-state index contributed by atoms with van der Waals surface area (Å²) in [6, 6.07) is 11.1. The number of nitrogens with one attached hydrogen (secondary N) is 3.